The number of urea groups is 1. The standard InChI is InChI=1S/C14H18N2O4/c1-3-9-6-10(17)20-14(2)11(9)12(18)15-13(19)16(14)7-8-4-5-8/h6,8,11H,3-5,7H2,1-2H3,(H,15,18,19). The Balaban J connectivity index is 2.01. The molecule has 6 heteroatoms. The molecule has 1 N–H and O–H groups in total. The molecule has 1 aliphatic carbocycles. The summed E-state index contributed by atoms with van der Waals surface area (Å²) in [5, 5.41) is 2.38. The van der Waals surface area contributed by atoms with Crippen molar-refractivity contribution in [1.82, 2.24) is 10.2 Å². The molecule has 3 aliphatic rings. The number of nitrogens with one attached hydrogen (secondary N) is 1. The number of hydrogen-bond donors (Lipinski definition) is 1. The Morgan fingerprint density at radius 2 is 2.10 bits per heavy atom. The van der Waals surface area contributed by atoms with Crippen molar-refractivity contribution in [2.75, 3.05) is 6.54 Å². The molecule has 2 unspecified atom stereocenters. The molecule has 2 atom stereocenters. The van der Waals surface area contributed by atoms with Crippen LogP contribution in [0.2, 0.25) is 0 Å². The molecule has 0 bridgehead atoms. The highest BCUT2D eigenvalue weighted by atomic mass is 16.6. The molecular formula is C14H18N2O4. The molecule has 3 amide bonds. The van der Waals surface area contributed by atoms with Crippen molar-refractivity contribution in [2.24, 2.45) is 11.8 Å². The summed E-state index contributed by atoms with van der Waals surface area (Å²) in [5.74, 6) is -1.03. The van der Waals surface area contributed by atoms with E-state index in [1.807, 2.05) is 6.92 Å². The van der Waals surface area contributed by atoms with E-state index in [-0.39, 0.29) is 5.91 Å². The fourth-order valence-electron chi connectivity index (χ4n) is 3.07. The lowest BCUT2D eigenvalue weighted by Gasteiger charge is -2.49. The van der Waals surface area contributed by atoms with Gasteiger partial charge in [0.05, 0.1) is 0 Å². The summed E-state index contributed by atoms with van der Waals surface area (Å²) in [6.07, 6.45) is 4.09. The zero-order chi connectivity index (χ0) is 14.5. The van der Waals surface area contributed by atoms with Gasteiger partial charge in [0.1, 0.15) is 5.92 Å². The molecule has 0 aromatic heterocycles. The van der Waals surface area contributed by atoms with Crippen LogP contribution in [0.25, 0.3) is 0 Å². The Bertz CT molecular complexity index is 523. The van der Waals surface area contributed by atoms with E-state index in [9.17, 15) is 14.4 Å². The molecule has 3 rings (SSSR count). The molecule has 2 fully saturated rings. The highest BCUT2D eigenvalue weighted by molar-refractivity contribution is 6.02. The van der Waals surface area contributed by atoms with Crippen molar-refractivity contribution in [3.8, 4) is 0 Å². The first kappa shape index (κ1) is 13.1. The SMILES string of the molecule is CCC1=CC(=O)OC2(C)C1C(=O)NC(=O)N2CC1CC1. The second-order valence-electron chi connectivity index (χ2n) is 5.83. The van der Waals surface area contributed by atoms with Gasteiger partial charge in [-0.2, -0.15) is 0 Å². The summed E-state index contributed by atoms with van der Waals surface area (Å²) < 4.78 is 5.42. The van der Waals surface area contributed by atoms with E-state index in [1.165, 1.54) is 11.0 Å². The van der Waals surface area contributed by atoms with Crippen LogP contribution in [0.5, 0.6) is 0 Å². The van der Waals surface area contributed by atoms with Crippen LogP contribution in [0.15, 0.2) is 11.6 Å². The summed E-state index contributed by atoms with van der Waals surface area (Å²) in [5.41, 5.74) is -0.478. The van der Waals surface area contributed by atoms with E-state index in [2.05, 4.69) is 5.32 Å². The second-order valence-corrected chi connectivity index (χ2v) is 5.83. The van der Waals surface area contributed by atoms with E-state index >= 15 is 0 Å². The highest BCUT2D eigenvalue weighted by Crippen LogP contribution is 2.42. The molecule has 0 aromatic rings. The van der Waals surface area contributed by atoms with Gasteiger partial charge in [0, 0.05) is 12.6 Å². The predicted molar refractivity (Wildman–Crippen MR) is 69.3 cm³/mol. The zero-order valence-corrected chi connectivity index (χ0v) is 11.6. The number of imide groups is 1. The first-order valence-corrected chi connectivity index (χ1v) is 7.01. The van der Waals surface area contributed by atoms with E-state index in [0.29, 0.717) is 18.9 Å². The van der Waals surface area contributed by atoms with Crippen LogP contribution in [0, 0.1) is 11.8 Å². The Hall–Kier alpha value is -1.85. The molecule has 2 aliphatic heterocycles. The van der Waals surface area contributed by atoms with Crippen LogP contribution in [-0.2, 0) is 14.3 Å². The molecule has 1 saturated heterocycles. The number of carbonyl (C=O) groups is 3. The number of hydrogen-bond acceptors (Lipinski definition) is 4. The van der Waals surface area contributed by atoms with Gasteiger partial charge < -0.3 is 4.74 Å². The molecule has 0 aromatic carbocycles. The summed E-state index contributed by atoms with van der Waals surface area (Å²) >= 11 is 0. The molecule has 108 valence electrons. The first-order valence-electron chi connectivity index (χ1n) is 7.01. The maximum Gasteiger partial charge on any atom is 0.332 e. The molecule has 1 saturated carbocycles. The van der Waals surface area contributed by atoms with Crippen molar-refractivity contribution < 1.29 is 19.1 Å². The Morgan fingerprint density at radius 1 is 1.40 bits per heavy atom. The second kappa shape index (κ2) is 4.33. The number of amides is 3. The molecule has 0 spiro atoms. The van der Waals surface area contributed by atoms with Crippen LogP contribution >= 0.6 is 0 Å². The number of carbonyl (C=O) groups excluding carboxylic acids is 3. The lowest BCUT2D eigenvalue weighted by molar-refractivity contribution is -0.189. The Kier molecular flexibility index (Phi) is 2.84. The minimum absolute atomic E-state index is 0.384. The van der Waals surface area contributed by atoms with Crippen LogP contribution in [-0.4, -0.2) is 35.1 Å². The molecule has 20 heavy (non-hydrogen) atoms. The normalized spacial score (nSPS) is 33.3. The van der Waals surface area contributed by atoms with Crippen molar-refractivity contribution in [3.05, 3.63) is 11.6 Å². The fourth-order valence-corrected chi connectivity index (χ4v) is 3.07. The maximum absolute atomic E-state index is 12.2. The van der Waals surface area contributed by atoms with Crippen LogP contribution in [0.3, 0.4) is 0 Å². The van der Waals surface area contributed by atoms with E-state index in [4.69, 9.17) is 4.74 Å². The third-order valence-electron chi connectivity index (χ3n) is 4.34. The van der Waals surface area contributed by atoms with Gasteiger partial charge >= 0.3 is 12.0 Å². The Labute approximate surface area is 117 Å². The van der Waals surface area contributed by atoms with E-state index in [1.54, 1.807) is 6.92 Å². The van der Waals surface area contributed by atoms with Gasteiger partial charge in [0.25, 0.3) is 0 Å². The fraction of sp³-hybridized carbons (Fsp3) is 0.643. The summed E-state index contributed by atoms with van der Waals surface area (Å²) in [6.45, 7) is 4.08. The lowest BCUT2D eigenvalue weighted by atomic mass is 9.82. The third kappa shape index (κ3) is 1.90. The van der Waals surface area contributed by atoms with Gasteiger partial charge in [0.15, 0.2) is 0 Å². The van der Waals surface area contributed by atoms with E-state index < -0.39 is 23.6 Å². The van der Waals surface area contributed by atoms with Gasteiger partial charge in [-0.15, -0.1) is 0 Å². The Morgan fingerprint density at radius 3 is 2.70 bits per heavy atom. The smallest absolute Gasteiger partial charge is 0.332 e. The largest absolute Gasteiger partial charge is 0.435 e. The summed E-state index contributed by atoms with van der Waals surface area (Å²) in [6, 6.07) is -0.467. The van der Waals surface area contributed by atoms with Crippen molar-refractivity contribution in [1.29, 1.82) is 0 Å². The quantitative estimate of drug-likeness (QED) is 0.786. The number of esters is 1. The predicted octanol–water partition coefficient (Wildman–Crippen LogP) is 1.17. The van der Waals surface area contributed by atoms with Gasteiger partial charge in [-0.1, -0.05) is 6.92 Å². The monoisotopic (exact) mass is 278 g/mol. The summed E-state index contributed by atoms with van der Waals surface area (Å²) in [4.78, 5) is 37.6. The van der Waals surface area contributed by atoms with Crippen LogP contribution < -0.4 is 5.32 Å². The summed E-state index contributed by atoms with van der Waals surface area (Å²) in [7, 11) is 0. The zero-order valence-electron chi connectivity index (χ0n) is 11.6. The molecule has 2 heterocycles. The number of ether oxygens (including phenoxy) is 1. The molecular weight excluding hydrogens is 260 g/mol. The minimum atomic E-state index is -1.20. The average Bonchev–Trinajstić information content (AvgIpc) is 3.16. The minimum Gasteiger partial charge on any atom is -0.435 e. The van der Waals surface area contributed by atoms with Gasteiger partial charge in [-0.05, 0) is 37.7 Å². The number of fused-ring (bicyclic) bond motifs is 1. The van der Waals surface area contributed by atoms with E-state index in [0.717, 1.165) is 18.4 Å². The van der Waals surface area contributed by atoms with Crippen LogP contribution in [0.1, 0.15) is 33.1 Å². The molecule has 6 nitrogen and oxygen atoms in total. The van der Waals surface area contributed by atoms with Crippen molar-refractivity contribution in [3.63, 3.8) is 0 Å². The topological polar surface area (TPSA) is 75.7 Å². The molecule has 0 radical (unpaired) electrons. The first-order chi connectivity index (χ1) is 9.45. The van der Waals surface area contributed by atoms with Gasteiger partial charge in [-0.3, -0.25) is 15.0 Å². The highest BCUT2D eigenvalue weighted by Gasteiger charge is 2.57. The lowest BCUT2D eigenvalue weighted by Crippen LogP contribution is -2.69. The van der Waals surface area contributed by atoms with Gasteiger partial charge in [0.2, 0.25) is 11.6 Å². The van der Waals surface area contributed by atoms with Crippen molar-refractivity contribution in [2.45, 2.75) is 38.8 Å². The van der Waals surface area contributed by atoms with Gasteiger partial charge in [-0.25, -0.2) is 9.59 Å². The maximum atomic E-state index is 12.2. The average molecular weight is 278 g/mol. The third-order valence-corrected chi connectivity index (χ3v) is 4.34. The van der Waals surface area contributed by atoms with Crippen molar-refractivity contribution >= 4 is 17.9 Å². The number of nitrogens with zero attached hydrogens (tertiary/aromatic N) is 1. The number of rotatable bonds is 3. The van der Waals surface area contributed by atoms with Crippen LogP contribution in [0.4, 0.5) is 4.79 Å².